The summed E-state index contributed by atoms with van der Waals surface area (Å²) in [5, 5.41) is 0. The second-order valence-electron chi connectivity index (χ2n) is 3.25. The van der Waals surface area contributed by atoms with E-state index in [1.807, 2.05) is 6.07 Å². The van der Waals surface area contributed by atoms with Crippen molar-refractivity contribution in [2.45, 2.75) is 19.4 Å². The first-order valence-electron chi connectivity index (χ1n) is 4.58. The van der Waals surface area contributed by atoms with E-state index in [4.69, 9.17) is 18.0 Å². The zero-order chi connectivity index (χ0) is 10.4. The van der Waals surface area contributed by atoms with Crippen LogP contribution in [-0.2, 0) is 6.54 Å². The Morgan fingerprint density at radius 3 is 2.93 bits per heavy atom. The van der Waals surface area contributed by atoms with Gasteiger partial charge in [0.25, 0.3) is 0 Å². The van der Waals surface area contributed by atoms with E-state index in [0.717, 1.165) is 30.3 Å². The Morgan fingerprint density at radius 1 is 1.57 bits per heavy atom. The van der Waals surface area contributed by atoms with Crippen LogP contribution >= 0.6 is 22.9 Å². The van der Waals surface area contributed by atoms with E-state index < -0.39 is 0 Å². The number of nitrogens with zero attached hydrogens (tertiary/aromatic N) is 1. The molecule has 1 aromatic heterocycles. The van der Waals surface area contributed by atoms with E-state index in [2.05, 4.69) is 23.9 Å². The monoisotopic (exact) mass is 227 g/mol. The summed E-state index contributed by atoms with van der Waals surface area (Å²) >= 11 is 7.48. The smallest absolute Gasteiger partial charge is 0.0931 e. The molecule has 0 bridgehead atoms. The molecular formula is C11H14ClNS. The minimum atomic E-state index is 0.857. The van der Waals surface area contributed by atoms with Gasteiger partial charge in [0, 0.05) is 17.8 Å². The molecule has 0 spiro atoms. The van der Waals surface area contributed by atoms with Crippen LogP contribution in [0.15, 0.2) is 12.1 Å². The lowest BCUT2D eigenvalue weighted by Gasteiger charge is -2.14. The van der Waals surface area contributed by atoms with Crippen molar-refractivity contribution in [1.82, 2.24) is 4.90 Å². The number of hydrogen-bond donors (Lipinski definition) is 0. The van der Waals surface area contributed by atoms with Crippen LogP contribution in [0.3, 0.4) is 0 Å². The molecule has 0 aliphatic rings. The molecule has 0 amide bonds. The first-order valence-corrected chi connectivity index (χ1v) is 5.78. The molecule has 1 heterocycles. The molecule has 1 rings (SSSR count). The third kappa shape index (κ3) is 4.15. The van der Waals surface area contributed by atoms with Gasteiger partial charge in [0.1, 0.15) is 0 Å². The molecule has 0 atom stereocenters. The lowest BCUT2D eigenvalue weighted by Crippen LogP contribution is -2.18. The molecule has 3 heteroatoms. The summed E-state index contributed by atoms with van der Waals surface area (Å²) in [7, 11) is 2.10. The molecule has 1 nitrogen and oxygen atoms in total. The molecule has 0 aliphatic heterocycles. The van der Waals surface area contributed by atoms with Gasteiger partial charge in [-0.25, -0.2) is 0 Å². The standard InChI is InChI=1S/C11H14ClNS/c1-3-4-5-8-13(2)9-10-6-7-11(12)14-10/h1,6-7H,4-5,8-9H2,2H3. The maximum absolute atomic E-state index is 5.84. The molecule has 0 radical (unpaired) electrons. The van der Waals surface area contributed by atoms with Crippen molar-refractivity contribution in [3.8, 4) is 12.3 Å². The van der Waals surface area contributed by atoms with Crippen molar-refractivity contribution >= 4 is 22.9 Å². The SMILES string of the molecule is C#CCCCN(C)Cc1ccc(Cl)s1. The molecule has 0 fully saturated rings. The van der Waals surface area contributed by atoms with Crippen LogP contribution in [0.1, 0.15) is 17.7 Å². The summed E-state index contributed by atoms with van der Waals surface area (Å²) < 4.78 is 0.858. The van der Waals surface area contributed by atoms with Gasteiger partial charge in [-0.2, -0.15) is 0 Å². The summed E-state index contributed by atoms with van der Waals surface area (Å²) in [4.78, 5) is 3.57. The van der Waals surface area contributed by atoms with E-state index >= 15 is 0 Å². The molecule has 0 N–H and O–H groups in total. The van der Waals surface area contributed by atoms with Crippen LogP contribution in [0.2, 0.25) is 4.34 Å². The Morgan fingerprint density at radius 2 is 2.36 bits per heavy atom. The summed E-state index contributed by atoms with van der Waals surface area (Å²) in [6, 6.07) is 4.02. The number of thiophene rings is 1. The summed E-state index contributed by atoms with van der Waals surface area (Å²) in [5.41, 5.74) is 0. The fraction of sp³-hybridized carbons (Fsp3) is 0.455. The number of unbranched alkanes of at least 4 members (excludes halogenated alkanes) is 1. The normalized spacial score (nSPS) is 10.4. The highest BCUT2D eigenvalue weighted by atomic mass is 35.5. The van der Waals surface area contributed by atoms with E-state index in [1.54, 1.807) is 11.3 Å². The highest BCUT2D eigenvalue weighted by Crippen LogP contribution is 2.22. The fourth-order valence-electron chi connectivity index (χ4n) is 1.23. The first kappa shape index (κ1) is 11.6. The van der Waals surface area contributed by atoms with Crippen molar-refractivity contribution in [1.29, 1.82) is 0 Å². The Kier molecular flexibility index (Phi) is 5.03. The minimum absolute atomic E-state index is 0.857. The van der Waals surface area contributed by atoms with Crippen LogP contribution in [0, 0.1) is 12.3 Å². The highest BCUT2D eigenvalue weighted by Gasteiger charge is 2.02. The zero-order valence-electron chi connectivity index (χ0n) is 8.29. The summed E-state index contributed by atoms with van der Waals surface area (Å²) in [5.74, 6) is 2.65. The molecule has 0 aromatic carbocycles. The number of rotatable bonds is 5. The third-order valence-corrected chi connectivity index (χ3v) is 3.13. The van der Waals surface area contributed by atoms with Gasteiger partial charge in [-0.05, 0) is 32.1 Å². The van der Waals surface area contributed by atoms with Gasteiger partial charge in [-0.15, -0.1) is 23.7 Å². The minimum Gasteiger partial charge on any atom is -0.301 e. The molecule has 0 saturated heterocycles. The second-order valence-corrected chi connectivity index (χ2v) is 5.05. The molecular weight excluding hydrogens is 214 g/mol. The van der Waals surface area contributed by atoms with Crippen LogP contribution in [0.5, 0.6) is 0 Å². The van der Waals surface area contributed by atoms with Gasteiger partial charge in [-0.3, -0.25) is 0 Å². The average Bonchev–Trinajstić information content (AvgIpc) is 2.52. The van der Waals surface area contributed by atoms with Gasteiger partial charge in [0.05, 0.1) is 4.34 Å². The number of halogens is 1. The fourth-order valence-corrected chi connectivity index (χ4v) is 2.40. The summed E-state index contributed by atoms with van der Waals surface area (Å²) in [6.07, 6.45) is 7.11. The highest BCUT2D eigenvalue weighted by molar-refractivity contribution is 7.16. The topological polar surface area (TPSA) is 3.24 Å². The van der Waals surface area contributed by atoms with E-state index in [0.29, 0.717) is 0 Å². The second kappa shape index (κ2) is 6.08. The molecule has 14 heavy (non-hydrogen) atoms. The van der Waals surface area contributed by atoms with E-state index in [9.17, 15) is 0 Å². The molecule has 76 valence electrons. The zero-order valence-corrected chi connectivity index (χ0v) is 9.87. The maximum atomic E-state index is 5.84. The van der Waals surface area contributed by atoms with Crippen LogP contribution in [0.25, 0.3) is 0 Å². The van der Waals surface area contributed by atoms with Gasteiger partial charge < -0.3 is 4.90 Å². The van der Waals surface area contributed by atoms with Crippen molar-refractivity contribution in [2.24, 2.45) is 0 Å². The van der Waals surface area contributed by atoms with Crippen LogP contribution in [0.4, 0.5) is 0 Å². The Balaban J connectivity index is 2.27. The van der Waals surface area contributed by atoms with Gasteiger partial charge in [-0.1, -0.05) is 11.6 Å². The molecule has 0 aliphatic carbocycles. The number of hydrogen-bond acceptors (Lipinski definition) is 2. The van der Waals surface area contributed by atoms with E-state index in [1.165, 1.54) is 4.88 Å². The lowest BCUT2D eigenvalue weighted by atomic mass is 10.3. The van der Waals surface area contributed by atoms with Crippen molar-refractivity contribution in [3.05, 3.63) is 21.3 Å². The predicted molar refractivity (Wildman–Crippen MR) is 63.7 cm³/mol. The Bertz CT molecular complexity index is 313. The van der Waals surface area contributed by atoms with Crippen molar-refractivity contribution in [2.75, 3.05) is 13.6 Å². The van der Waals surface area contributed by atoms with Gasteiger partial charge in [0.2, 0.25) is 0 Å². The lowest BCUT2D eigenvalue weighted by molar-refractivity contribution is 0.326. The van der Waals surface area contributed by atoms with E-state index in [-0.39, 0.29) is 0 Å². The molecule has 1 aromatic rings. The van der Waals surface area contributed by atoms with Gasteiger partial charge >= 0.3 is 0 Å². The van der Waals surface area contributed by atoms with Crippen molar-refractivity contribution < 1.29 is 0 Å². The van der Waals surface area contributed by atoms with Crippen LogP contribution in [-0.4, -0.2) is 18.5 Å². The molecule has 0 saturated carbocycles. The Hall–Kier alpha value is -0.490. The largest absolute Gasteiger partial charge is 0.301 e. The first-order chi connectivity index (χ1) is 6.72. The quantitative estimate of drug-likeness (QED) is 0.552. The predicted octanol–water partition coefficient (Wildman–Crippen LogP) is 3.25. The number of terminal acetylenes is 1. The van der Waals surface area contributed by atoms with Crippen molar-refractivity contribution in [3.63, 3.8) is 0 Å². The Labute approximate surface area is 94.7 Å². The third-order valence-electron chi connectivity index (χ3n) is 1.92. The average molecular weight is 228 g/mol. The summed E-state index contributed by atoms with van der Waals surface area (Å²) in [6.45, 7) is 2.00. The molecule has 0 unspecified atom stereocenters. The van der Waals surface area contributed by atoms with Gasteiger partial charge in [0.15, 0.2) is 0 Å². The van der Waals surface area contributed by atoms with Crippen LogP contribution < -0.4 is 0 Å². The maximum Gasteiger partial charge on any atom is 0.0931 e.